The number of anilines is 1. The molecule has 0 aliphatic carbocycles. The molecule has 0 fully saturated rings. The molecule has 0 aliphatic heterocycles. The van der Waals surface area contributed by atoms with Crippen molar-refractivity contribution in [2.45, 2.75) is 13.5 Å². The van der Waals surface area contributed by atoms with Crippen LogP contribution in [-0.4, -0.2) is 33.7 Å². The Labute approximate surface area is 153 Å². The lowest BCUT2D eigenvalue weighted by atomic mass is 10.2. The van der Waals surface area contributed by atoms with Crippen LogP contribution in [0.25, 0.3) is 0 Å². The number of hydrogen-bond donors (Lipinski definition) is 2. The molecule has 2 rings (SSSR count). The van der Waals surface area contributed by atoms with Gasteiger partial charge in [-0.1, -0.05) is 11.6 Å². The van der Waals surface area contributed by atoms with Crippen molar-refractivity contribution in [2.75, 3.05) is 33.1 Å². The molecule has 0 bridgehead atoms. The molecule has 2 aromatic rings. The molecular weight excluding hydrogens is 340 g/mol. The topological polar surface area (TPSA) is 52.0 Å². The number of methoxy groups -OCH3 is 2. The highest BCUT2D eigenvalue weighted by Gasteiger charge is 2.13. The first-order valence-corrected chi connectivity index (χ1v) is 8.39. The molecule has 5 nitrogen and oxygen atoms in total. The molecule has 0 heterocycles. The summed E-state index contributed by atoms with van der Waals surface area (Å²) in [6.07, 6.45) is 0. The van der Waals surface area contributed by atoms with Crippen molar-refractivity contribution >= 4 is 23.2 Å². The third-order valence-electron chi connectivity index (χ3n) is 3.88. The molecular formula is C19H24ClN2O3+. The highest BCUT2D eigenvalue weighted by molar-refractivity contribution is 6.30. The van der Waals surface area contributed by atoms with Gasteiger partial charge in [-0.3, -0.25) is 4.79 Å². The van der Waals surface area contributed by atoms with E-state index >= 15 is 0 Å². The predicted molar refractivity (Wildman–Crippen MR) is 99.8 cm³/mol. The van der Waals surface area contributed by atoms with Gasteiger partial charge in [-0.15, -0.1) is 0 Å². The van der Waals surface area contributed by atoms with E-state index in [0.717, 1.165) is 21.7 Å². The van der Waals surface area contributed by atoms with Crippen LogP contribution in [0.2, 0.25) is 5.02 Å². The normalized spacial score (nSPS) is 11.7. The predicted octanol–water partition coefficient (Wildman–Crippen LogP) is 2.32. The molecule has 0 spiro atoms. The number of amides is 1. The molecule has 1 unspecified atom stereocenters. The van der Waals surface area contributed by atoms with Crippen LogP contribution in [0.1, 0.15) is 11.1 Å². The number of aryl methyl sites for hydroxylation is 1. The van der Waals surface area contributed by atoms with Gasteiger partial charge in [-0.2, -0.15) is 0 Å². The zero-order valence-corrected chi connectivity index (χ0v) is 15.7. The van der Waals surface area contributed by atoms with Gasteiger partial charge in [-0.05, 0) is 48.9 Å². The molecule has 0 aromatic heterocycles. The SMILES string of the molecule is COc1ccc(C[NH+](C)CC(=O)Nc2ccc(Cl)cc2C)cc1OC. The average Bonchev–Trinajstić information content (AvgIpc) is 2.57. The van der Waals surface area contributed by atoms with Crippen molar-refractivity contribution in [3.8, 4) is 11.5 Å². The van der Waals surface area contributed by atoms with Crippen LogP contribution in [0, 0.1) is 6.92 Å². The van der Waals surface area contributed by atoms with Crippen molar-refractivity contribution in [3.05, 3.63) is 52.5 Å². The van der Waals surface area contributed by atoms with Crippen molar-refractivity contribution in [3.63, 3.8) is 0 Å². The third-order valence-corrected chi connectivity index (χ3v) is 4.11. The van der Waals surface area contributed by atoms with Crippen molar-refractivity contribution in [2.24, 2.45) is 0 Å². The van der Waals surface area contributed by atoms with Crippen LogP contribution in [0.5, 0.6) is 11.5 Å². The van der Waals surface area contributed by atoms with Crippen LogP contribution in [0.3, 0.4) is 0 Å². The monoisotopic (exact) mass is 363 g/mol. The third kappa shape index (κ3) is 5.37. The minimum Gasteiger partial charge on any atom is -0.493 e. The number of carbonyl (C=O) groups is 1. The number of carbonyl (C=O) groups excluding carboxylic acids is 1. The zero-order chi connectivity index (χ0) is 18.4. The maximum absolute atomic E-state index is 12.3. The Kier molecular flexibility index (Phi) is 6.67. The van der Waals surface area contributed by atoms with Gasteiger partial charge in [0.1, 0.15) is 6.54 Å². The van der Waals surface area contributed by atoms with E-state index in [1.54, 1.807) is 20.3 Å². The van der Waals surface area contributed by atoms with Gasteiger partial charge in [0.2, 0.25) is 0 Å². The maximum atomic E-state index is 12.3. The lowest BCUT2D eigenvalue weighted by Gasteiger charge is -2.16. The maximum Gasteiger partial charge on any atom is 0.279 e. The highest BCUT2D eigenvalue weighted by atomic mass is 35.5. The molecule has 0 aliphatic rings. The number of halogens is 1. The summed E-state index contributed by atoms with van der Waals surface area (Å²) in [6, 6.07) is 11.2. The second-order valence-electron chi connectivity index (χ2n) is 6.01. The minimum absolute atomic E-state index is 0.0385. The summed E-state index contributed by atoms with van der Waals surface area (Å²) in [5.74, 6) is 1.34. The minimum atomic E-state index is -0.0385. The molecule has 2 N–H and O–H groups in total. The van der Waals surface area contributed by atoms with Gasteiger partial charge in [0.15, 0.2) is 18.0 Å². The fourth-order valence-corrected chi connectivity index (χ4v) is 2.86. The summed E-state index contributed by atoms with van der Waals surface area (Å²) in [7, 11) is 5.20. The first-order valence-electron chi connectivity index (χ1n) is 8.01. The summed E-state index contributed by atoms with van der Waals surface area (Å²) in [6.45, 7) is 2.98. The van der Waals surface area contributed by atoms with Crippen LogP contribution in [0.4, 0.5) is 5.69 Å². The molecule has 0 saturated carbocycles. The number of nitrogens with one attached hydrogen (secondary N) is 2. The average molecular weight is 364 g/mol. The van der Waals surface area contributed by atoms with Gasteiger partial charge in [0.25, 0.3) is 5.91 Å². The fourth-order valence-electron chi connectivity index (χ4n) is 2.64. The molecule has 25 heavy (non-hydrogen) atoms. The van der Waals surface area contributed by atoms with Gasteiger partial charge in [0, 0.05) is 16.3 Å². The summed E-state index contributed by atoms with van der Waals surface area (Å²) < 4.78 is 10.6. The Bertz CT molecular complexity index is 749. The van der Waals surface area contributed by atoms with E-state index in [4.69, 9.17) is 21.1 Å². The second kappa shape index (κ2) is 8.74. The number of hydrogen-bond acceptors (Lipinski definition) is 3. The lowest BCUT2D eigenvalue weighted by Crippen LogP contribution is -3.08. The van der Waals surface area contributed by atoms with Crippen LogP contribution in [0.15, 0.2) is 36.4 Å². The Hall–Kier alpha value is -2.24. The summed E-state index contributed by atoms with van der Waals surface area (Å²) in [4.78, 5) is 13.3. The van der Waals surface area contributed by atoms with Crippen molar-refractivity contribution < 1.29 is 19.2 Å². The lowest BCUT2D eigenvalue weighted by molar-refractivity contribution is -0.885. The number of benzene rings is 2. The molecule has 0 saturated heterocycles. The fraction of sp³-hybridized carbons (Fsp3) is 0.316. The number of rotatable bonds is 7. The van der Waals surface area contributed by atoms with Crippen LogP contribution in [-0.2, 0) is 11.3 Å². The van der Waals surface area contributed by atoms with E-state index in [0.29, 0.717) is 29.6 Å². The number of ether oxygens (including phenoxy) is 2. The summed E-state index contributed by atoms with van der Waals surface area (Å²) in [5.41, 5.74) is 2.80. The van der Waals surface area contributed by atoms with Gasteiger partial charge in [-0.25, -0.2) is 0 Å². The van der Waals surface area contributed by atoms with Gasteiger partial charge >= 0.3 is 0 Å². The number of quaternary nitrogens is 1. The Morgan fingerprint density at radius 1 is 1.12 bits per heavy atom. The molecule has 1 amide bonds. The highest BCUT2D eigenvalue weighted by Crippen LogP contribution is 2.27. The van der Waals surface area contributed by atoms with E-state index in [-0.39, 0.29) is 5.91 Å². The largest absolute Gasteiger partial charge is 0.493 e. The van der Waals surface area contributed by atoms with E-state index in [1.165, 1.54) is 0 Å². The summed E-state index contributed by atoms with van der Waals surface area (Å²) >= 11 is 5.94. The van der Waals surface area contributed by atoms with E-state index in [9.17, 15) is 4.79 Å². The van der Waals surface area contributed by atoms with E-state index in [2.05, 4.69) is 5.32 Å². The van der Waals surface area contributed by atoms with E-state index in [1.807, 2.05) is 44.3 Å². The first-order chi connectivity index (χ1) is 11.9. The molecule has 0 radical (unpaired) electrons. The molecule has 134 valence electrons. The molecule has 6 heteroatoms. The zero-order valence-electron chi connectivity index (χ0n) is 15.0. The molecule has 2 aromatic carbocycles. The second-order valence-corrected chi connectivity index (χ2v) is 6.44. The Morgan fingerprint density at radius 3 is 2.48 bits per heavy atom. The smallest absolute Gasteiger partial charge is 0.279 e. The van der Waals surface area contributed by atoms with Crippen molar-refractivity contribution in [1.82, 2.24) is 0 Å². The van der Waals surface area contributed by atoms with Crippen molar-refractivity contribution in [1.29, 1.82) is 0 Å². The Balaban J connectivity index is 1.95. The first kappa shape index (κ1) is 19.1. The van der Waals surface area contributed by atoms with Crippen LogP contribution >= 0.6 is 11.6 Å². The Morgan fingerprint density at radius 2 is 1.84 bits per heavy atom. The quantitative estimate of drug-likeness (QED) is 0.793. The van der Waals surface area contributed by atoms with Gasteiger partial charge in [0.05, 0.1) is 21.3 Å². The standard InChI is InChI=1S/C19H23ClN2O3/c1-13-9-15(20)6-7-16(13)21-19(23)12-22(2)11-14-5-8-17(24-3)18(10-14)25-4/h5-10H,11-12H2,1-4H3,(H,21,23)/p+1. The van der Waals surface area contributed by atoms with E-state index < -0.39 is 0 Å². The number of likely N-dealkylation sites (N-methyl/N-ethyl adjacent to an activating group) is 1. The molecule has 1 atom stereocenters. The van der Waals surface area contributed by atoms with Gasteiger partial charge < -0.3 is 19.7 Å². The summed E-state index contributed by atoms with van der Waals surface area (Å²) in [5, 5.41) is 3.59. The van der Waals surface area contributed by atoms with Crippen LogP contribution < -0.4 is 19.7 Å².